The van der Waals surface area contributed by atoms with E-state index in [0.29, 0.717) is 5.41 Å². The van der Waals surface area contributed by atoms with E-state index in [1.165, 1.54) is 32.1 Å². The molecule has 0 aromatic carbocycles. The molecular weight excluding hydrogens is 160 g/mol. The zero-order chi connectivity index (χ0) is 9.73. The number of rotatable bonds is 3. The summed E-state index contributed by atoms with van der Waals surface area (Å²) in [6.45, 7) is 8.99. The molecule has 0 bridgehead atoms. The molecule has 1 heteroatoms. The third-order valence-electron chi connectivity index (χ3n) is 2.79. The summed E-state index contributed by atoms with van der Waals surface area (Å²) < 4.78 is 5.46. The van der Waals surface area contributed by atoms with Crippen LogP contribution in [0.15, 0.2) is 0 Å². The fourth-order valence-electron chi connectivity index (χ4n) is 1.96. The maximum atomic E-state index is 5.46. The van der Waals surface area contributed by atoms with Crippen LogP contribution in [0.2, 0.25) is 0 Å². The molecule has 1 rings (SSSR count). The molecule has 78 valence electrons. The van der Waals surface area contributed by atoms with Gasteiger partial charge in [0.1, 0.15) is 0 Å². The van der Waals surface area contributed by atoms with Crippen molar-refractivity contribution >= 4 is 0 Å². The largest absolute Gasteiger partial charge is 0.381 e. The van der Waals surface area contributed by atoms with E-state index in [-0.39, 0.29) is 0 Å². The molecular formula is C12H24O. The average Bonchev–Trinajstić information content (AvgIpc) is 2.04. The topological polar surface area (TPSA) is 9.23 Å². The number of ether oxygens (including phenoxy) is 1. The Balaban J connectivity index is 2.04. The maximum absolute atomic E-state index is 5.46. The highest BCUT2D eigenvalue weighted by molar-refractivity contribution is 4.66. The molecule has 1 saturated heterocycles. The fourth-order valence-corrected chi connectivity index (χ4v) is 1.96. The Morgan fingerprint density at radius 3 is 2.62 bits per heavy atom. The van der Waals surface area contributed by atoms with E-state index in [0.717, 1.165) is 19.1 Å². The second kappa shape index (κ2) is 4.99. The van der Waals surface area contributed by atoms with Crippen molar-refractivity contribution in [1.29, 1.82) is 0 Å². The van der Waals surface area contributed by atoms with Crippen molar-refractivity contribution in [2.24, 2.45) is 11.3 Å². The smallest absolute Gasteiger partial charge is 0.0494 e. The van der Waals surface area contributed by atoms with Crippen LogP contribution in [0, 0.1) is 11.3 Å². The van der Waals surface area contributed by atoms with Gasteiger partial charge in [0.05, 0.1) is 0 Å². The van der Waals surface area contributed by atoms with Crippen LogP contribution in [-0.4, -0.2) is 13.2 Å². The minimum absolute atomic E-state index is 0.509. The van der Waals surface area contributed by atoms with Crippen LogP contribution >= 0.6 is 0 Å². The lowest BCUT2D eigenvalue weighted by molar-refractivity contribution is 0.0498. The normalized spacial score (nSPS) is 24.7. The number of hydrogen-bond donors (Lipinski definition) is 0. The summed E-state index contributed by atoms with van der Waals surface area (Å²) in [7, 11) is 0. The molecule has 0 aromatic heterocycles. The highest BCUT2D eigenvalue weighted by Crippen LogP contribution is 2.25. The van der Waals surface area contributed by atoms with Crippen molar-refractivity contribution in [2.45, 2.75) is 52.9 Å². The third-order valence-corrected chi connectivity index (χ3v) is 2.79. The van der Waals surface area contributed by atoms with Gasteiger partial charge < -0.3 is 4.74 Å². The van der Waals surface area contributed by atoms with Crippen LogP contribution in [0.3, 0.4) is 0 Å². The van der Waals surface area contributed by atoms with Gasteiger partial charge in [0.15, 0.2) is 0 Å². The van der Waals surface area contributed by atoms with Crippen molar-refractivity contribution < 1.29 is 4.74 Å². The Hall–Kier alpha value is -0.0400. The van der Waals surface area contributed by atoms with Crippen LogP contribution in [-0.2, 0) is 4.74 Å². The van der Waals surface area contributed by atoms with E-state index >= 15 is 0 Å². The first-order valence-corrected chi connectivity index (χ1v) is 5.66. The first-order valence-electron chi connectivity index (χ1n) is 5.66. The van der Waals surface area contributed by atoms with Crippen molar-refractivity contribution in [3.8, 4) is 0 Å². The molecule has 0 N–H and O–H groups in total. The molecule has 0 aromatic rings. The monoisotopic (exact) mass is 184 g/mol. The Kier molecular flexibility index (Phi) is 4.24. The standard InChI is InChI=1S/C12H24O/c1-12(2,3)8-4-6-11-7-5-9-13-10-11/h11H,4-10H2,1-3H3. The van der Waals surface area contributed by atoms with Crippen LogP contribution in [0.4, 0.5) is 0 Å². The zero-order valence-corrected chi connectivity index (χ0v) is 9.44. The van der Waals surface area contributed by atoms with Gasteiger partial charge in [0, 0.05) is 13.2 Å². The van der Waals surface area contributed by atoms with E-state index in [4.69, 9.17) is 4.74 Å². The molecule has 1 nitrogen and oxygen atoms in total. The van der Waals surface area contributed by atoms with Gasteiger partial charge in [0.2, 0.25) is 0 Å². The van der Waals surface area contributed by atoms with E-state index in [1.807, 2.05) is 0 Å². The molecule has 1 aliphatic heterocycles. The molecule has 1 fully saturated rings. The first-order chi connectivity index (χ1) is 6.08. The van der Waals surface area contributed by atoms with Gasteiger partial charge in [0.25, 0.3) is 0 Å². The minimum Gasteiger partial charge on any atom is -0.381 e. The van der Waals surface area contributed by atoms with Crippen LogP contribution in [0.5, 0.6) is 0 Å². The van der Waals surface area contributed by atoms with Crippen LogP contribution in [0.25, 0.3) is 0 Å². The summed E-state index contributed by atoms with van der Waals surface area (Å²) in [6, 6.07) is 0. The summed E-state index contributed by atoms with van der Waals surface area (Å²) in [5.41, 5.74) is 0.509. The van der Waals surface area contributed by atoms with Gasteiger partial charge in [-0.05, 0) is 37.0 Å². The lowest BCUT2D eigenvalue weighted by Crippen LogP contribution is -2.17. The van der Waals surface area contributed by atoms with Gasteiger partial charge in [-0.2, -0.15) is 0 Å². The summed E-state index contributed by atoms with van der Waals surface area (Å²) >= 11 is 0. The predicted molar refractivity (Wildman–Crippen MR) is 56.8 cm³/mol. The number of hydrogen-bond acceptors (Lipinski definition) is 1. The molecule has 1 heterocycles. The minimum atomic E-state index is 0.509. The van der Waals surface area contributed by atoms with Crippen molar-refractivity contribution in [2.75, 3.05) is 13.2 Å². The summed E-state index contributed by atoms with van der Waals surface area (Å²) in [6.07, 6.45) is 6.77. The first kappa shape index (κ1) is 11.0. The predicted octanol–water partition coefficient (Wildman–Crippen LogP) is 3.63. The molecule has 13 heavy (non-hydrogen) atoms. The molecule has 0 amide bonds. The third kappa shape index (κ3) is 5.30. The maximum Gasteiger partial charge on any atom is 0.0494 e. The van der Waals surface area contributed by atoms with Gasteiger partial charge in [-0.25, -0.2) is 0 Å². The zero-order valence-electron chi connectivity index (χ0n) is 9.44. The van der Waals surface area contributed by atoms with E-state index in [2.05, 4.69) is 20.8 Å². The van der Waals surface area contributed by atoms with Crippen LogP contribution < -0.4 is 0 Å². The molecule has 1 unspecified atom stereocenters. The van der Waals surface area contributed by atoms with Gasteiger partial charge in [-0.15, -0.1) is 0 Å². The quantitative estimate of drug-likeness (QED) is 0.651. The molecule has 0 spiro atoms. The Morgan fingerprint density at radius 1 is 1.31 bits per heavy atom. The fraction of sp³-hybridized carbons (Fsp3) is 1.00. The van der Waals surface area contributed by atoms with E-state index in [9.17, 15) is 0 Å². The Labute approximate surface area is 82.9 Å². The highest BCUT2D eigenvalue weighted by Gasteiger charge is 2.15. The lowest BCUT2D eigenvalue weighted by Gasteiger charge is -2.24. The van der Waals surface area contributed by atoms with Gasteiger partial charge >= 0.3 is 0 Å². The lowest BCUT2D eigenvalue weighted by atomic mass is 9.87. The van der Waals surface area contributed by atoms with Crippen LogP contribution in [0.1, 0.15) is 52.9 Å². The summed E-state index contributed by atoms with van der Waals surface area (Å²) in [5, 5.41) is 0. The average molecular weight is 184 g/mol. The molecule has 0 saturated carbocycles. The molecule has 1 atom stereocenters. The van der Waals surface area contributed by atoms with Gasteiger partial charge in [-0.3, -0.25) is 0 Å². The van der Waals surface area contributed by atoms with Crippen molar-refractivity contribution in [3.63, 3.8) is 0 Å². The second-order valence-electron chi connectivity index (χ2n) is 5.54. The SMILES string of the molecule is CC(C)(C)CCCC1CCCOC1. The highest BCUT2D eigenvalue weighted by atomic mass is 16.5. The molecule has 0 aliphatic carbocycles. The summed E-state index contributed by atoms with van der Waals surface area (Å²) in [4.78, 5) is 0. The Bertz CT molecular complexity index is 129. The summed E-state index contributed by atoms with van der Waals surface area (Å²) in [5.74, 6) is 0.857. The van der Waals surface area contributed by atoms with Crippen molar-refractivity contribution in [1.82, 2.24) is 0 Å². The molecule has 0 radical (unpaired) electrons. The van der Waals surface area contributed by atoms with E-state index in [1.54, 1.807) is 0 Å². The van der Waals surface area contributed by atoms with E-state index < -0.39 is 0 Å². The van der Waals surface area contributed by atoms with Gasteiger partial charge in [-0.1, -0.05) is 27.2 Å². The van der Waals surface area contributed by atoms with Crippen molar-refractivity contribution in [3.05, 3.63) is 0 Å². The Morgan fingerprint density at radius 2 is 2.08 bits per heavy atom. The molecule has 1 aliphatic rings. The second-order valence-corrected chi connectivity index (χ2v) is 5.54.